The van der Waals surface area contributed by atoms with Crippen LogP contribution in [0.15, 0.2) is 48.3 Å². The molecule has 0 spiro atoms. The van der Waals surface area contributed by atoms with Crippen molar-refractivity contribution in [2.45, 2.75) is 0 Å². The predicted molar refractivity (Wildman–Crippen MR) is 76.8 cm³/mol. The molecule has 19 heavy (non-hydrogen) atoms. The lowest BCUT2D eigenvalue weighted by molar-refractivity contribution is 0.620. The molecular formula is C15H11N3S. The van der Waals surface area contributed by atoms with Crippen LogP contribution in [0.25, 0.3) is 11.6 Å². The largest absolute Gasteiger partial charge is 0.357 e. The fourth-order valence-corrected chi connectivity index (χ4v) is 2.37. The zero-order valence-electron chi connectivity index (χ0n) is 10.4. The van der Waals surface area contributed by atoms with E-state index in [1.54, 1.807) is 6.07 Å². The Balaban J connectivity index is 2.33. The summed E-state index contributed by atoms with van der Waals surface area (Å²) >= 11 is 1.44. The Bertz CT molecular complexity index is 732. The van der Waals surface area contributed by atoms with E-state index in [0.29, 0.717) is 4.53 Å². The van der Waals surface area contributed by atoms with Gasteiger partial charge in [0.05, 0.1) is 4.53 Å². The van der Waals surface area contributed by atoms with Gasteiger partial charge in [-0.25, -0.2) is 0 Å². The third kappa shape index (κ3) is 3.22. The molecule has 1 aliphatic rings. The maximum Gasteiger partial charge on any atom is 0.146 e. The smallest absolute Gasteiger partial charge is 0.146 e. The minimum Gasteiger partial charge on any atom is -0.357 e. The van der Waals surface area contributed by atoms with E-state index in [1.165, 1.54) is 11.3 Å². The molecule has 92 valence electrons. The summed E-state index contributed by atoms with van der Waals surface area (Å²) < 4.78 is 1.73. The van der Waals surface area contributed by atoms with E-state index in [4.69, 9.17) is 10.5 Å². The molecule has 0 saturated carbocycles. The van der Waals surface area contributed by atoms with Crippen LogP contribution in [0, 0.1) is 22.7 Å². The molecular weight excluding hydrogens is 254 g/mol. The van der Waals surface area contributed by atoms with Crippen LogP contribution in [0.3, 0.4) is 0 Å². The number of allylic oxidation sites excluding steroid dienone is 4. The summed E-state index contributed by atoms with van der Waals surface area (Å²) in [4.78, 5) is 1.97. The summed E-state index contributed by atoms with van der Waals surface area (Å²) in [6.07, 6.45) is 12.0. The normalized spacial score (nSPS) is 14.2. The maximum absolute atomic E-state index is 8.80. The van der Waals surface area contributed by atoms with Crippen LogP contribution in [0.5, 0.6) is 0 Å². The van der Waals surface area contributed by atoms with Gasteiger partial charge in [0.15, 0.2) is 0 Å². The zero-order chi connectivity index (χ0) is 13.7. The second kappa shape index (κ2) is 5.86. The molecule has 0 aliphatic carbocycles. The molecule has 2 heterocycles. The van der Waals surface area contributed by atoms with Gasteiger partial charge >= 0.3 is 0 Å². The van der Waals surface area contributed by atoms with Crippen molar-refractivity contribution >= 4 is 23.0 Å². The quantitative estimate of drug-likeness (QED) is 0.775. The maximum atomic E-state index is 8.80. The van der Waals surface area contributed by atoms with Crippen molar-refractivity contribution in [3.05, 3.63) is 57.4 Å². The molecule has 1 aliphatic heterocycles. The van der Waals surface area contributed by atoms with Crippen molar-refractivity contribution in [1.82, 2.24) is 4.90 Å². The highest BCUT2D eigenvalue weighted by Crippen LogP contribution is 2.07. The highest BCUT2D eigenvalue weighted by molar-refractivity contribution is 7.07. The second-order valence-corrected chi connectivity index (χ2v) is 5.05. The topological polar surface area (TPSA) is 50.8 Å². The van der Waals surface area contributed by atoms with E-state index in [2.05, 4.69) is 0 Å². The molecule has 2 rings (SSSR count). The Morgan fingerprint density at radius 2 is 1.84 bits per heavy atom. The van der Waals surface area contributed by atoms with Crippen LogP contribution < -0.4 is 9.06 Å². The third-order valence-corrected chi connectivity index (χ3v) is 3.61. The molecule has 1 aromatic rings. The van der Waals surface area contributed by atoms with Crippen LogP contribution in [-0.2, 0) is 0 Å². The number of nitriles is 2. The van der Waals surface area contributed by atoms with Gasteiger partial charge in [-0.2, -0.15) is 10.5 Å². The summed E-state index contributed by atoms with van der Waals surface area (Å²) in [5, 5.41) is 17.6. The number of hydrogen-bond donors (Lipinski definition) is 0. The third-order valence-electron chi connectivity index (χ3n) is 2.54. The monoisotopic (exact) mass is 265 g/mol. The predicted octanol–water partition coefficient (Wildman–Crippen LogP) is 1.63. The molecule has 0 atom stereocenters. The fraction of sp³-hybridized carbons (Fsp3) is 0.0667. The number of hydrogen-bond acceptors (Lipinski definition) is 4. The average molecular weight is 265 g/mol. The van der Waals surface area contributed by atoms with Gasteiger partial charge in [-0.15, -0.1) is 11.3 Å². The molecule has 0 amide bonds. The fourth-order valence-electron chi connectivity index (χ4n) is 1.51. The lowest BCUT2D eigenvalue weighted by atomic mass is 10.2. The van der Waals surface area contributed by atoms with Gasteiger partial charge in [0, 0.05) is 24.0 Å². The van der Waals surface area contributed by atoms with Crippen LogP contribution in [0.2, 0.25) is 0 Å². The highest BCUT2D eigenvalue weighted by Gasteiger charge is 1.96. The van der Waals surface area contributed by atoms with E-state index in [9.17, 15) is 0 Å². The van der Waals surface area contributed by atoms with Crippen molar-refractivity contribution in [2.24, 2.45) is 0 Å². The Labute approximate surface area is 115 Å². The first-order chi connectivity index (χ1) is 9.22. The van der Waals surface area contributed by atoms with Gasteiger partial charge < -0.3 is 4.90 Å². The van der Waals surface area contributed by atoms with E-state index >= 15 is 0 Å². The van der Waals surface area contributed by atoms with Crippen molar-refractivity contribution in [3.63, 3.8) is 0 Å². The summed E-state index contributed by atoms with van der Waals surface area (Å²) in [6, 6.07) is 7.51. The standard InChI is InChI=1S/C15H11N3S/c1-18-8-6-12(7-9-18)2-3-14-4-5-15(19-14)13(10-16)11-17/h2-9H,1H3/b14-3+. The Morgan fingerprint density at radius 1 is 1.16 bits per heavy atom. The van der Waals surface area contributed by atoms with Crippen LogP contribution in [-0.4, -0.2) is 11.9 Å². The van der Waals surface area contributed by atoms with Crippen molar-refractivity contribution in [1.29, 1.82) is 10.5 Å². The molecule has 0 bridgehead atoms. The highest BCUT2D eigenvalue weighted by atomic mass is 32.1. The Morgan fingerprint density at radius 3 is 2.47 bits per heavy atom. The molecule has 1 aromatic heterocycles. The minimum absolute atomic E-state index is 0.163. The number of nitrogens with zero attached hydrogens (tertiary/aromatic N) is 3. The lowest BCUT2D eigenvalue weighted by Gasteiger charge is -2.11. The summed E-state index contributed by atoms with van der Waals surface area (Å²) in [6.45, 7) is 0. The Kier molecular flexibility index (Phi) is 3.97. The lowest BCUT2D eigenvalue weighted by Crippen LogP contribution is -2.03. The van der Waals surface area contributed by atoms with Crippen LogP contribution in [0.4, 0.5) is 0 Å². The van der Waals surface area contributed by atoms with E-state index < -0.39 is 0 Å². The summed E-state index contributed by atoms with van der Waals surface area (Å²) in [7, 11) is 1.97. The molecule has 3 nitrogen and oxygen atoms in total. The SMILES string of the molecule is CN1C=CC(=C/C=c2\ccc(=C(C#N)C#N)s2)C=C1. The van der Waals surface area contributed by atoms with Gasteiger partial charge in [0.25, 0.3) is 0 Å². The molecule has 0 fully saturated rings. The van der Waals surface area contributed by atoms with Crippen LogP contribution >= 0.6 is 11.3 Å². The van der Waals surface area contributed by atoms with Crippen LogP contribution in [0.1, 0.15) is 0 Å². The van der Waals surface area contributed by atoms with Gasteiger partial charge in [0.1, 0.15) is 17.7 Å². The Hall–Kier alpha value is -2.56. The molecule has 0 radical (unpaired) electrons. The van der Waals surface area contributed by atoms with Crippen molar-refractivity contribution in [3.8, 4) is 12.1 Å². The minimum atomic E-state index is 0.163. The summed E-state index contributed by atoms with van der Waals surface area (Å²) in [5.41, 5.74) is 1.27. The first kappa shape index (κ1) is 12.9. The van der Waals surface area contributed by atoms with Gasteiger partial charge in [-0.05, 0) is 35.9 Å². The molecule has 0 unspecified atom stereocenters. The first-order valence-corrected chi connectivity index (χ1v) is 6.45. The second-order valence-electron chi connectivity index (χ2n) is 3.93. The van der Waals surface area contributed by atoms with Crippen molar-refractivity contribution < 1.29 is 0 Å². The van der Waals surface area contributed by atoms with Gasteiger partial charge in [-0.1, -0.05) is 6.08 Å². The number of rotatable bonds is 1. The van der Waals surface area contributed by atoms with E-state index in [0.717, 1.165) is 10.1 Å². The molecule has 0 saturated heterocycles. The number of thiophene rings is 1. The molecule has 0 aromatic carbocycles. The van der Waals surface area contributed by atoms with Gasteiger partial charge in [-0.3, -0.25) is 0 Å². The summed E-state index contributed by atoms with van der Waals surface area (Å²) in [5.74, 6) is 0. The van der Waals surface area contributed by atoms with Gasteiger partial charge in [0.2, 0.25) is 0 Å². The van der Waals surface area contributed by atoms with E-state index in [1.807, 2.05) is 66.9 Å². The van der Waals surface area contributed by atoms with Crippen molar-refractivity contribution in [2.75, 3.05) is 7.05 Å². The zero-order valence-corrected chi connectivity index (χ0v) is 11.2. The average Bonchev–Trinajstić information content (AvgIpc) is 2.88. The molecule has 0 N–H and O–H groups in total. The molecule has 4 heteroatoms. The first-order valence-electron chi connectivity index (χ1n) is 5.63. The van der Waals surface area contributed by atoms with E-state index in [-0.39, 0.29) is 5.57 Å².